The van der Waals surface area contributed by atoms with Gasteiger partial charge < -0.3 is 16.4 Å². The van der Waals surface area contributed by atoms with Crippen LogP contribution >= 0.6 is 0 Å². The Morgan fingerprint density at radius 1 is 1.00 bits per heavy atom. The maximum absolute atomic E-state index is 12.2. The van der Waals surface area contributed by atoms with Gasteiger partial charge in [0.05, 0.1) is 0 Å². The minimum Gasteiger partial charge on any atom is -0.399 e. The second-order valence-corrected chi connectivity index (χ2v) is 6.51. The van der Waals surface area contributed by atoms with Crippen molar-refractivity contribution in [2.75, 3.05) is 11.1 Å². The molecule has 0 aliphatic carbocycles. The minimum atomic E-state index is -0.196. The lowest BCUT2D eigenvalue weighted by molar-refractivity contribution is 0.0966. The zero-order valence-electron chi connectivity index (χ0n) is 13.8. The van der Waals surface area contributed by atoms with Crippen molar-refractivity contribution >= 4 is 17.3 Å². The van der Waals surface area contributed by atoms with Gasteiger partial charge in [-0.15, -0.1) is 0 Å². The molecule has 4 heteroatoms. The molecular formula is C19H23N3O. The van der Waals surface area contributed by atoms with Crippen LogP contribution in [0.1, 0.15) is 36.7 Å². The number of amides is 1. The molecule has 0 bridgehead atoms. The summed E-state index contributed by atoms with van der Waals surface area (Å²) < 4.78 is 0. The second-order valence-electron chi connectivity index (χ2n) is 6.51. The number of nitrogens with one attached hydrogen (secondary N) is 2. The number of nitrogens with two attached hydrogens (primary N) is 1. The van der Waals surface area contributed by atoms with Gasteiger partial charge in [0, 0.05) is 16.9 Å². The fraction of sp³-hybridized carbons (Fsp3) is 0.211. The Morgan fingerprint density at radius 2 is 1.57 bits per heavy atom. The van der Waals surface area contributed by atoms with Crippen molar-refractivity contribution in [2.24, 2.45) is 0 Å². The van der Waals surface area contributed by atoms with Gasteiger partial charge in [-0.25, -0.2) is 0 Å². The molecule has 0 atom stereocenters. The summed E-state index contributed by atoms with van der Waals surface area (Å²) in [6.45, 7) is 10.2. The summed E-state index contributed by atoms with van der Waals surface area (Å²) in [6.07, 6.45) is 0. The number of carbonyl (C=O) groups excluding carboxylic acids is 1. The van der Waals surface area contributed by atoms with E-state index < -0.39 is 0 Å². The second kappa shape index (κ2) is 6.57. The third-order valence-corrected chi connectivity index (χ3v) is 3.48. The normalized spacial score (nSPS) is 10.9. The molecule has 0 spiro atoms. The van der Waals surface area contributed by atoms with Crippen molar-refractivity contribution in [3.8, 4) is 0 Å². The summed E-state index contributed by atoms with van der Waals surface area (Å²) in [5, 5.41) is 5.77. The van der Waals surface area contributed by atoms with E-state index in [1.54, 1.807) is 12.1 Å². The molecule has 0 fully saturated rings. The van der Waals surface area contributed by atoms with E-state index in [1.807, 2.05) is 36.4 Å². The molecule has 0 radical (unpaired) electrons. The van der Waals surface area contributed by atoms with Crippen molar-refractivity contribution in [3.05, 3.63) is 72.1 Å². The molecule has 0 aliphatic heterocycles. The Morgan fingerprint density at radius 3 is 2.09 bits per heavy atom. The Balaban J connectivity index is 1.98. The van der Waals surface area contributed by atoms with Gasteiger partial charge in [-0.05, 0) is 47.4 Å². The lowest BCUT2D eigenvalue weighted by Gasteiger charge is -2.19. The number of benzene rings is 2. The lowest BCUT2D eigenvalue weighted by Crippen LogP contribution is -2.26. The minimum absolute atomic E-state index is 0.0648. The number of hydrogen-bond donors (Lipinski definition) is 3. The Labute approximate surface area is 137 Å². The van der Waals surface area contributed by atoms with Crippen LogP contribution in [0.2, 0.25) is 0 Å². The van der Waals surface area contributed by atoms with Gasteiger partial charge in [0.15, 0.2) is 0 Å². The average molecular weight is 309 g/mol. The summed E-state index contributed by atoms with van der Waals surface area (Å²) >= 11 is 0. The molecule has 0 saturated carbocycles. The third kappa shape index (κ3) is 4.61. The van der Waals surface area contributed by atoms with Crippen molar-refractivity contribution in [3.63, 3.8) is 0 Å². The molecule has 0 saturated heterocycles. The predicted octanol–water partition coefficient (Wildman–Crippen LogP) is 3.88. The Kier molecular flexibility index (Phi) is 4.74. The summed E-state index contributed by atoms with van der Waals surface area (Å²) in [5.41, 5.74) is 8.98. The molecule has 0 aliphatic rings. The van der Waals surface area contributed by atoms with Gasteiger partial charge in [0.1, 0.15) is 5.82 Å². The van der Waals surface area contributed by atoms with Crippen LogP contribution in [-0.2, 0) is 5.41 Å². The van der Waals surface area contributed by atoms with Gasteiger partial charge in [-0.3, -0.25) is 4.79 Å². The van der Waals surface area contributed by atoms with E-state index in [0.29, 0.717) is 17.1 Å². The molecule has 2 aromatic rings. The predicted molar refractivity (Wildman–Crippen MR) is 96.2 cm³/mol. The van der Waals surface area contributed by atoms with Crippen LogP contribution in [-0.4, -0.2) is 5.91 Å². The van der Waals surface area contributed by atoms with E-state index in [4.69, 9.17) is 5.73 Å². The molecule has 0 heterocycles. The van der Waals surface area contributed by atoms with Crippen LogP contribution in [0.4, 0.5) is 11.4 Å². The molecule has 2 aromatic carbocycles. The third-order valence-electron chi connectivity index (χ3n) is 3.48. The average Bonchev–Trinajstić information content (AvgIpc) is 2.49. The largest absolute Gasteiger partial charge is 0.399 e. The van der Waals surface area contributed by atoms with Crippen LogP contribution < -0.4 is 16.4 Å². The molecule has 2 rings (SSSR count). The topological polar surface area (TPSA) is 67.2 Å². The van der Waals surface area contributed by atoms with Crippen molar-refractivity contribution in [1.29, 1.82) is 0 Å². The fourth-order valence-corrected chi connectivity index (χ4v) is 2.10. The molecule has 0 aromatic heterocycles. The van der Waals surface area contributed by atoms with E-state index in [9.17, 15) is 4.79 Å². The zero-order chi connectivity index (χ0) is 17.0. The van der Waals surface area contributed by atoms with E-state index in [0.717, 1.165) is 5.69 Å². The SMILES string of the molecule is C=C(NC(=O)c1ccc(C(C)(C)C)cc1)Nc1ccc(N)cc1. The van der Waals surface area contributed by atoms with Crippen LogP contribution in [0.15, 0.2) is 60.9 Å². The van der Waals surface area contributed by atoms with Crippen LogP contribution in [0.3, 0.4) is 0 Å². The first kappa shape index (κ1) is 16.6. The van der Waals surface area contributed by atoms with Crippen molar-refractivity contribution < 1.29 is 4.79 Å². The molecular weight excluding hydrogens is 286 g/mol. The summed E-state index contributed by atoms with van der Waals surface area (Å²) in [7, 11) is 0. The van der Waals surface area contributed by atoms with Crippen LogP contribution in [0.5, 0.6) is 0 Å². The monoisotopic (exact) mass is 309 g/mol. The first-order chi connectivity index (χ1) is 10.8. The van der Waals surface area contributed by atoms with Crippen molar-refractivity contribution in [2.45, 2.75) is 26.2 Å². The molecule has 1 amide bonds. The van der Waals surface area contributed by atoms with E-state index in [1.165, 1.54) is 5.56 Å². The number of anilines is 2. The summed E-state index contributed by atoms with van der Waals surface area (Å²) in [5.74, 6) is 0.220. The van der Waals surface area contributed by atoms with E-state index in [-0.39, 0.29) is 11.3 Å². The summed E-state index contributed by atoms with van der Waals surface area (Å²) in [4.78, 5) is 12.2. The first-order valence-corrected chi connectivity index (χ1v) is 7.49. The molecule has 120 valence electrons. The van der Waals surface area contributed by atoms with Crippen LogP contribution in [0.25, 0.3) is 0 Å². The van der Waals surface area contributed by atoms with E-state index >= 15 is 0 Å². The maximum atomic E-state index is 12.2. The quantitative estimate of drug-likeness (QED) is 0.751. The van der Waals surface area contributed by atoms with Crippen LogP contribution in [0, 0.1) is 0 Å². The highest BCUT2D eigenvalue weighted by Gasteiger charge is 2.14. The molecule has 4 N–H and O–H groups in total. The number of carbonyl (C=O) groups is 1. The first-order valence-electron chi connectivity index (χ1n) is 7.49. The van der Waals surface area contributed by atoms with Crippen molar-refractivity contribution in [1.82, 2.24) is 5.32 Å². The highest BCUT2D eigenvalue weighted by molar-refractivity contribution is 5.95. The van der Waals surface area contributed by atoms with E-state index in [2.05, 4.69) is 38.0 Å². The van der Waals surface area contributed by atoms with Gasteiger partial charge in [-0.1, -0.05) is 39.5 Å². The van der Waals surface area contributed by atoms with Gasteiger partial charge in [0.25, 0.3) is 5.91 Å². The standard InChI is InChI=1S/C19H23N3O/c1-13(21-17-11-9-16(20)10-12-17)22-18(23)14-5-7-15(8-6-14)19(2,3)4/h5-12,21H,1,20H2,2-4H3,(H,22,23). The number of nitrogen functional groups attached to an aromatic ring is 1. The van der Waals surface area contributed by atoms with Gasteiger partial charge in [0.2, 0.25) is 0 Å². The molecule has 23 heavy (non-hydrogen) atoms. The number of rotatable bonds is 4. The lowest BCUT2D eigenvalue weighted by atomic mass is 9.87. The van der Waals surface area contributed by atoms with Gasteiger partial charge >= 0.3 is 0 Å². The fourth-order valence-electron chi connectivity index (χ4n) is 2.10. The molecule has 4 nitrogen and oxygen atoms in total. The highest BCUT2D eigenvalue weighted by atomic mass is 16.1. The highest BCUT2D eigenvalue weighted by Crippen LogP contribution is 2.22. The Hall–Kier alpha value is -2.75. The number of hydrogen-bond acceptors (Lipinski definition) is 3. The zero-order valence-corrected chi connectivity index (χ0v) is 13.8. The summed E-state index contributed by atoms with van der Waals surface area (Å²) in [6, 6.07) is 14.8. The Bertz CT molecular complexity index is 695. The maximum Gasteiger partial charge on any atom is 0.256 e. The smallest absolute Gasteiger partial charge is 0.256 e. The molecule has 0 unspecified atom stereocenters. The van der Waals surface area contributed by atoms with Gasteiger partial charge in [-0.2, -0.15) is 0 Å².